The van der Waals surface area contributed by atoms with E-state index in [-0.39, 0.29) is 35.6 Å². The number of rotatable bonds is 5. The molecule has 1 aliphatic heterocycles. The van der Waals surface area contributed by atoms with Crippen molar-refractivity contribution in [3.8, 4) is 5.75 Å². The van der Waals surface area contributed by atoms with E-state index in [2.05, 4.69) is 26.2 Å². The number of benzene rings is 3. The molecule has 7 rings (SSSR count). The molecular weight excluding hydrogens is 660 g/mol. The van der Waals surface area contributed by atoms with Crippen LogP contribution in [0.25, 0.3) is 0 Å². The SMILES string of the molecule is CC1=CC(=O)C2=C(C1=O)[C@@H](c1cc(Br)ccc1O)C1=CC[C@@H]3C(=O)N(c4ccc(N=Nc5ccc(N(C)C)cc5)cc4)C(=O)[C@@H]3[C@@H]1C2. The summed E-state index contributed by atoms with van der Waals surface area (Å²) in [5.41, 5.74) is 5.03. The van der Waals surface area contributed by atoms with E-state index in [0.29, 0.717) is 50.2 Å². The van der Waals surface area contributed by atoms with E-state index in [9.17, 15) is 24.3 Å². The number of hydrogen-bond acceptors (Lipinski definition) is 8. The van der Waals surface area contributed by atoms with Gasteiger partial charge in [0.15, 0.2) is 11.6 Å². The first-order valence-corrected chi connectivity index (χ1v) is 16.2. The molecule has 1 N–H and O–H groups in total. The van der Waals surface area contributed by atoms with Crippen molar-refractivity contribution < 1.29 is 24.3 Å². The Morgan fingerprint density at radius 2 is 1.53 bits per heavy atom. The van der Waals surface area contributed by atoms with Crippen molar-refractivity contribution in [1.82, 2.24) is 0 Å². The third-order valence-electron chi connectivity index (χ3n) is 9.62. The van der Waals surface area contributed by atoms with Gasteiger partial charge in [-0.1, -0.05) is 27.6 Å². The fourth-order valence-corrected chi connectivity index (χ4v) is 7.71. The third kappa shape index (κ3) is 5.17. The molecule has 1 fully saturated rings. The standard InChI is InChI=1S/C37H31BrN4O5/c1-19-16-31(44)29-18-27-25(32(34(29)35(19)45)28-17-20(38)4-15-30(28)43)13-14-26-33(27)37(47)42(36(26)46)24-11-7-22(8-12-24)40-39-21-5-9-23(10-6-21)41(2)3/h4-13,15-17,26-27,32-33,43H,14,18H2,1-3H3/t26-,27+,32+,33-/m0/s1. The lowest BCUT2D eigenvalue weighted by Gasteiger charge is -2.42. The summed E-state index contributed by atoms with van der Waals surface area (Å²) >= 11 is 3.48. The first kappa shape index (κ1) is 30.7. The van der Waals surface area contributed by atoms with E-state index in [0.717, 1.165) is 11.3 Å². The molecule has 2 amide bonds. The summed E-state index contributed by atoms with van der Waals surface area (Å²) in [6.07, 6.45) is 3.76. The van der Waals surface area contributed by atoms with E-state index in [4.69, 9.17) is 0 Å². The predicted octanol–water partition coefficient (Wildman–Crippen LogP) is 7.27. The number of allylic oxidation sites excluding steroid dienone is 6. The van der Waals surface area contributed by atoms with Gasteiger partial charge in [0.05, 0.1) is 28.9 Å². The van der Waals surface area contributed by atoms with Crippen LogP contribution in [0.1, 0.15) is 31.2 Å². The van der Waals surface area contributed by atoms with E-state index >= 15 is 0 Å². The Balaban J connectivity index is 1.20. The molecule has 3 aromatic rings. The molecule has 3 aromatic carbocycles. The lowest BCUT2D eigenvalue weighted by atomic mass is 9.59. The van der Waals surface area contributed by atoms with Gasteiger partial charge in [-0.25, -0.2) is 0 Å². The lowest BCUT2D eigenvalue weighted by Crippen LogP contribution is -2.39. The molecule has 4 atom stereocenters. The molecule has 0 saturated carbocycles. The summed E-state index contributed by atoms with van der Waals surface area (Å²) in [5.74, 6) is -3.70. The van der Waals surface area contributed by atoms with E-state index in [1.807, 2.05) is 49.3 Å². The fourth-order valence-electron chi connectivity index (χ4n) is 7.33. The highest BCUT2D eigenvalue weighted by Crippen LogP contribution is 2.56. The number of imide groups is 1. The van der Waals surface area contributed by atoms with E-state index in [1.54, 1.807) is 49.4 Å². The zero-order valence-corrected chi connectivity index (χ0v) is 27.6. The monoisotopic (exact) mass is 690 g/mol. The summed E-state index contributed by atoms with van der Waals surface area (Å²) < 4.78 is 0.703. The highest BCUT2D eigenvalue weighted by Gasteiger charge is 2.56. The van der Waals surface area contributed by atoms with E-state index in [1.165, 1.54) is 11.0 Å². The maximum Gasteiger partial charge on any atom is 0.238 e. The van der Waals surface area contributed by atoms with Crippen LogP contribution in [0.4, 0.5) is 22.7 Å². The Hall–Kier alpha value is -4.96. The van der Waals surface area contributed by atoms with Crippen molar-refractivity contribution in [2.24, 2.45) is 28.0 Å². The minimum atomic E-state index is -0.719. The van der Waals surface area contributed by atoms with Crippen LogP contribution < -0.4 is 9.80 Å². The second-order valence-corrected chi connectivity index (χ2v) is 13.5. The number of carbonyl (C=O) groups is 4. The quantitative estimate of drug-likeness (QED) is 0.130. The van der Waals surface area contributed by atoms with Gasteiger partial charge < -0.3 is 10.0 Å². The predicted molar refractivity (Wildman–Crippen MR) is 181 cm³/mol. The molecule has 1 saturated heterocycles. The molecule has 9 nitrogen and oxygen atoms in total. The molecule has 3 aliphatic carbocycles. The van der Waals surface area contributed by atoms with Gasteiger partial charge in [0.25, 0.3) is 0 Å². The van der Waals surface area contributed by atoms with Gasteiger partial charge in [0.1, 0.15) is 5.75 Å². The van der Waals surface area contributed by atoms with Gasteiger partial charge in [-0.05, 0) is 98.5 Å². The van der Waals surface area contributed by atoms with Crippen molar-refractivity contribution >= 4 is 62.1 Å². The van der Waals surface area contributed by atoms with Crippen molar-refractivity contribution in [1.29, 1.82) is 0 Å². The maximum atomic E-state index is 14.2. The molecule has 0 aromatic heterocycles. The van der Waals surface area contributed by atoms with Crippen LogP contribution >= 0.6 is 15.9 Å². The molecule has 0 bridgehead atoms. The maximum absolute atomic E-state index is 14.2. The molecule has 0 spiro atoms. The van der Waals surface area contributed by atoms with Gasteiger partial charge in [-0.2, -0.15) is 10.2 Å². The lowest BCUT2D eigenvalue weighted by molar-refractivity contribution is -0.123. The first-order valence-electron chi connectivity index (χ1n) is 15.4. The number of phenols is 1. The number of amides is 2. The van der Waals surface area contributed by atoms with Gasteiger partial charge in [0, 0.05) is 52.5 Å². The van der Waals surface area contributed by atoms with Crippen LogP contribution in [0.15, 0.2) is 116 Å². The molecule has 1 heterocycles. The van der Waals surface area contributed by atoms with Crippen LogP contribution in [0.3, 0.4) is 0 Å². The summed E-state index contributed by atoms with van der Waals surface area (Å²) in [6, 6.07) is 19.4. The minimum absolute atomic E-state index is 0.0144. The Kier molecular flexibility index (Phi) is 7.63. The Morgan fingerprint density at radius 1 is 0.872 bits per heavy atom. The smallest absolute Gasteiger partial charge is 0.238 e. The molecule has 0 radical (unpaired) electrons. The number of fused-ring (bicyclic) bond motifs is 3. The molecule has 236 valence electrons. The highest BCUT2D eigenvalue weighted by atomic mass is 79.9. The van der Waals surface area contributed by atoms with Crippen molar-refractivity contribution in [3.63, 3.8) is 0 Å². The number of nitrogens with zero attached hydrogens (tertiary/aromatic N) is 4. The van der Waals surface area contributed by atoms with Crippen molar-refractivity contribution in [2.75, 3.05) is 23.9 Å². The summed E-state index contributed by atoms with van der Waals surface area (Å²) in [5, 5.41) is 19.6. The van der Waals surface area contributed by atoms with Crippen LogP contribution in [-0.4, -0.2) is 42.6 Å². The average Bonchev–Trinajstić information content (AvgIpc) is 3.32. The summed E-state index contributed by atoms with van der Waals surface area (Å²) in [7, 11) is 3.93. The number of azo groups is 1. The third-order valence-corrected chi connectivity index (χ3v) is 10.1. The van der Waals surface area contributed by atoms with Crippen LogP contribution in [-0.2, 0) is 19.2 Å². The number of ketones is 2. The second kappa shape index (κ2) is 11.7. The summed E-state index contributed by atoms with van der Waals surface area (Å²) in [4.78, 5) is 58.2. The van der Waals surface area contributed by atoms with Crippen molar-refractivity contribution in [3.05, 3.63) is 111 Å². The zero-order valence-electron chi connectivity index (χ0n) is 26.0. The first-order chi connectivity index (χ1) is 22.5. The van der Waals surface area contributed by atoms with E-state index < -0.39 is 23.7 Å². The average molecular weight is 692 g/mol. The zero-order chi connectivity index (χ0) is 33.1. The molecule has 47 heavy (non-hydrogen) atoms. The summed E-state index contributed by atoms with van der Waals surface area (Å²) in [6.45, 7) is 1.62. The van der Waals surface area contributed by atoms with Crippen LogP contribution in [0, 0.1) is 17.8 Å². The molecular formula is C37H31BrN4O5. The molecule has 0 unspecified atom stereocenters. The number of Topliss-reactive ketones (excluding diaryl/α,β-unsaturated/α-hetero) is 1. The number of halogens is 1. The number of hydrogen-bond donors (Lipinski definition) is 1. The Morgan fingerprint density at radius 3 is 2.19 bits per heavy atom. The largest absolute Gasteiger partial charge is 0.508 e. The van der Waals surface area contributed by atoms with Gasteiger partial charge in [0.2, 0.25) is 11.8 Å². The normalized spacial score (nSPS) is 23.9. The fraction of sp³-hybridized carbons (Fsp3) is 0.243. The Bertz CT molecular complexity index is 1990. The minimum Gasteiger partial charge on any atom is -0.508 e. The topological polar surface area (TPSA) is 120 Å². The number of anilines is 2. The van der Waals surface area contributed by atoms with Gasteiger partial charge in [-0.15, -0.1) is 0 Å². The number of carbonyl (C=O) groups excluding carboxylic acids is 4. The highest BCUT2D eigenvalue weighted by molar-refractivity contribution is 9.10. The van der Waals surface area contributed by atoms with Crippen molar-refractivity contribution in [2.45, 2.75) is 25.7 Å². The number of phenolic OH excluding ortho intramolecular Hbond substituents is 1. The molecule has 10 heteroatoms. The van der Waals surface area contributed by atoms with Crippen LogP contribution in [0.2, 0.25) is 0 Å². The Labute approximate surface area is 280 Å². The van der Waals surface area contributed by atoms with Crippen LogP contribution in [0.5, 0.6) is 5.75 Å². The second-order valence-electron chi connectivity index (χ2n) is 12.6. The number of aromatic hydroxyl groups is 1. The van der Waals surface area contributed by atoms with Gasteiger partial charge >= 0.3 is 0 Å². The molecule has 4 aliphatic rings. The van der Waals surface area contributed by atoms with Gasteiger partial charge in [-0.3, -0.25) is 24.1 Å².